The van der Waals surface area contributed by atoms with Gasteiger partial charge in [0.25, 0.3) is 0 Å². The first-order valence-electron chi connectivity index (χ1n) is 18.0. The van der Waals surface area contributed by atoms with E-state index in [1.165, 1.54) is 4.90 Å². The highest BCUT2D eigenvalue weighted by atomic mass is 16.5. The molecule has 0 radical (unpaired) electrons. The van der Waals surface area contributed by atoms with E-state index in [4.69, 9.17) is 9.47 Å². The lowest BCUT2D eigenvalue weighted by molar-refractivity contribution is -0.153. The lowest BCUT2D eigenvalue weighted by atomic mass is 9.70. The van der Waals surface area contributed by atoms with Gasteiger partial charge in [-0.2, -0.15) is 0 Å². The highest BCUT2D eigenvalue weighted by molar-refractivity contribution is 5.99. The first-order chi connectivity index (χ1) is 24.3. The maximum atomic E-state index is 15.0. The van der Waals surface area contributed by atoms with Gasteiger partial charge >= 0.3 is 5.97 Å². The average molecular weight is 684 g/mol. The van der Waals surface area contributed by atoms with Gasteiger partial charge in [-0.3, -0.25) is 19.2 Å². The molecule has 0 aromatic heterocycles. The van der Waals surface area contributed by atoms with Crippen LogP contribution in [-0.2, 0) is 28.7 Å². The van der Waals surface area contributed by atoms with Gasteiger partial charge in [0.05, 0.1) is 36.6 Å². The Morgan fingerprint density at radius 3 is 2.32 bits per heavy atom. The van der Waals surface area contributed by atoms with Crippen LogP contribution in [0.4, 0.5) is 0 Å². The van der Waals surface area contributed by atoms with Gasteiger partial charge in [0.15, 0.2) is 0 Å². The number of likely N-dealkylation sites (tertiary alicyclic amines) is 1. The molecule has 7 atom stereocenters. The van der Waals surface area contributed by atoms with Gasteiger partial charge in [-0.1, -0.05) is 92.1 Å². The molecule has 6 rings (SSSR count). The van der Waals surface area contributed by atoms with Crippen molar-refractivity contribution in [3.8, 4) is 0 Å². The second-order valence-electron chi connectivity index (χ2n) is 14.0. The Labute approximate surface area is 294 Å². The van der Waals surface area contributed by atoms with E-state index in [1.807, 2.05) is 65.6 Å². The molecule has 3 heterocycles. The number of amides is 3. The second kappa shape index (κ2) is 15.7. The van der Waals surface area contributed by atoms with Gasteiger partial charge in [-0.25, -0.2) is 0 Å². The normalized spacial score (nSPS) is 26.9. The van der Waals surface area contributed by atoms with Crippen molar-refractivity contribution in [3.05, 3.63) is 97.1 Å². The third-order valence-corrected chi connectivity index (χ3v) is 11.1. The molecule has 266 valence electrons. The summed E-state index contributed by atoms with van der Waals surface area (Å²) >= 11 is 0. The van der Waals surface area contributed by atoms with Crippen LogP contribution in [-0.4, -0.2) is 82.1 Å². The van der Waals surface area contributed by atoms with Crippen LogP contribution in [0, 0.1) is 11.8 Å². The second-order valence-corrected chi connectivity index (χ2v) is 14.0. The summed E-state index contributed by atoms with van der Waals surface area (Å²) < 4.78 is 12.3. The van der Waals surface area contributed by atoms with E-state index < -0.39 is 60.1 Å². The van der Waals surface area contributed by atoms with Crippen molar-refractivity contribution in [2.45, 2.75) is 93.7 Å². The number of allylic oxidation sites excluding steroid dienone is 1. The zero-order valence-electron chi connectivity index (χ0n) is 28.7. The number of nitrogens with one attached hydrogen (secondary N) is 1. The molecule has 2 aromatic carbocycles. The molecule has 2 N–H and O–H groups in total. The van der Waals surface area contributed by atoms with Crippen molar-refractivity contribution in [1.29, 1.82) is 0 Å². The zero-order valence-corrected chi connectivity index (χ0v) is 28.7. The van der Waals surface area contributed by atoms with E-state index in [9.17, 15) is 24.3 Å². The van der Waals surface area contributed by atoms with Crippen molar-refractivity contribution in [3.63, 3.8) is 0 Å². The first-order valence-corrected chi connectivity index (χ1v) is 18.0. The van der Waals surface area contributed by atoms with Crippen LogP contribution in [0.1, 0.15) is 81.0 Å². The van der Waals surface area contributed by atoms with E-state index in [1.54, 1.807) is 12.2 Å². The minimum absolute atomic E-state index is 0.00414. The lowest BCUT2D eigenvalue weighted by Gasteiger charge is -2.42. The Hall–Kier alpha value is -4.28. The quantitative estimate of drug-likeness (QED) is 0.204. The lowest BCUT2D eigenvalue weighted by Crippen LogP contribution is -2.59. The number of aliphatic hydroxyl groups is 1. The Morgan fingerprint density at radius 2 is 1.68 bits per heavy atom. The summed E-state index contributed by atoms with van der Waals surface area (Å²) in [5.74, 6) is -3.20. The van der Waals surface area contributed by atoms with Crippen LogP contribution in [0.5, 0.6) is 0 Å². The summed E-state index contributed by atoms with van der Waals surface area (Å²) in [6.07, 6.45) is 9.29. The number of ether oxygens (including phenoxy) is 2. The molecular weight excluding hydrogens is 634 g/mol. The molecule has 50 heavy (non-hydrogen) atoms. The van der Waals surface area contributed by atoms with Gasteiger partial charge in [0, 0.05) is 19.0 Å². The Bertz CT molecular complexity index is 1540. The summed E-state index contributed by atoms with van der Waals surface area (Å²) in [5.41, 5.74) is 0.209. The number of nitrogens with zero attached hydrogens (tertiary/aromatic N) is 2. The van der Waals surface area contributed by atoms with Crippen molar-refractivity contribution < 1.29 is 33.8 Å². The minimum atomic E-state index is -1.24. The molecule has 1 spiro atoms. The van der Waals surface area contributed by atoms with E-state index in [2.05, 4.69) is 18.5 Å². The molecule has 0 unspecified atom stereocenters. The monoisotopic (exact) mass is 683 g/mol. The molecule has 10 heteroatoms. The molecule has 3 amide bonds. The first kappa shape index (κ1) is 35.5. The number of carbonyl (C=O) groups excluding carboxylic acids is 4. The number of carbonyl (C=O) groups is 4. The predicted molar refractivity (Wildman–Crippen MR) is 187 cm³/mol. The average Bonchev–Trinajstić information content (AvgIpc) is 3.80. The molecular formula is C40H49N3O7. The third-order valence-electron chi connectivity index (χ3n) is 11.1. The molecule has 2 bridgehead atoms. The van der Waals surface area contributed by atoms with Gasteiger partial charge < -0.3 is 29.7 Å². The minimum Gasteiger partial charge on any atom is -0.463 e. The fraction of sp³-hybridized carbons (Fsp3) is 0.500. The molecule has 1 saturated carbocycles. The number of hydrogen-bond acceptors (Lipinski definition) is 7. The highest BCUT2D eigenvalue weighted by Crippen LogP contribution is 2.60. The van der Waals surface area contributed by atoms with Crippen LogP contribution in [0.15, 0.2) is 86.0 Å². The number of esters is 1. The number of aliphatic hydroxyl groups excluding tert-OH is 1. The number of fused-ring (bicyclic) bond motifs is 1. The summed E-state index contributed by atoms with van der Waals surface area (Å²) in [7, 11) is 0. The maximum Gasteiger partial charge on any atom is 0.306 e. The van der Waals surface area contributed by atoms with Crippen molar-refractivity contribution in [2.75, 3.05) is 19.8 Å². The Kier molecular flexibility index (Phi) is 11.2. The fourth-order valence-corrected chi connectivity index (χ4v) is 8.79. The Balaban J connectivity index is 1.35. The van der Waals surface area contributed by atoms with Crippen LogP contribution in [0.2, 0.25) is 0 Å². The van der Waals surface area contributed by atoms with Gasteiger partial charge in [0.1, 0.15) is 18.2 Å². The summed E-state index contributed by atoms with van der Waals surface area (Å²) in [4.78, 5) is 60.1. The van der Waals surface area contributed by atoms with Crippen LogP contribution in [0.3, 0.4) is 0 Å². The topological polar surface area (TPSA) is 125 Å². The smallest absolute Gasteiger partial charge is 0.306 e. The Morgan fingerprint density at radius 1 is 1.00 bits per heavy atom. The fourth-order valence-electron chi connectivity index (χ4n) is 8.79. The van der Waals surface area contributed by atoms with Crippen LogP contribution < -0.4 is 5.32 Å². The number of rotatable bonds is 15. The molecule has 1 aliphatic carbocycles. The summed E-state index contributed by atoms with van der Waals surface area (Å²) in [5, 5.41) is 13.9. The molecule has 2 aromatic rings. The molecule has 4 aliphatic rings. The van der Waals surface area contributed by atoms with E-state index in [0.717, 1.165) is 37.7 Å². The van der Waals surface area contributed by atoms with E-state index in [-0.39, 0.29) is 30.9 Å². The number of benzene rings is 2. The summed E-state index contributed by atoms with van der Waals surface area (Å²) in [6, 6.07) is 16.0. The van der Waals surface area contributed by atoms with Gasteiger partial charge in [-0.05, 0) is 43.2 Å². The highest BCUT2D eigenvalue weighted by Gasteiger charge is 2.75. The van der Waals surface area contributed by atoms with E-state index >= 15 is 0 Å². The maximum absolute atomic E-state index is 15.0. The summed E-state index contributed by atoms with van der Waals surface area (Å²) in [6.45, 7) is 7.44. The van der Waals surface area contributed by atoms with Crippen LogP contribution >= 0.6 is 0 Å². The third kappa shape index (κ3) is 6.75. The van der Waals surface area contributed by atoms with Crippen molar-refractivity contribution >= 4 is 23.7 Å². The molecule has 3 aliphatic heterocycles. The predicted octanol–water partition coefficient (Wildman–Crippen LogP) is 4.81. The van der Waals surface area contributed by atoms with Gasteiger partial charge in [0.2, 0.25) is 17.7 Å². The zero-order chi connectivity index (χ0) is 35.3. The standard InChI is InChI=1S/C40H49N3O7/c1-3-5-21-33(45)49-26-30(27-15-9-6-10-16-27)41-37(46)34-32-22-23-40(50-32)35(34)38(47)43(31(25-44)28-17-11-7-12-18-28)36(40)39(48)42(24-4-2)29-19-13-8-14-20-29/h3-4,6-7,9-12,15-18,29-32,34-36,44H,1-2,5,8,13-14,19-26H2,(H,41,46)/t30-,31+,32-,34+,35+,36-,40+/m0/s1. The van der Waals surface area contributed by atoms with Gasteiger partial charge in [-0.15, -0.1) is 13.2 Å². The van der Waals surface area contributed by atoms with Crippen LogP contribution in [0.25, 0.3) is 0 Å². The number of hydrogen-bond donors (Lipinski definition) is 2. The SMILES string of the molecule is C=CCCC(=O)OC[C@H](NC(=O)[C@@H]1[C@@H]2CC[C@]3(O2)[C@H](C(=O)N(CC=C)C2CCCCC2)N([C@H](CO)c2ccccc2)C(=O)[C@@H]13)c1ccccc1. The van der Waals surface area contributed by atoms with Crippen molar-refractivity contribution in [2.24, 2.45) is 11.8 Å². The molecule has 4 fully saturated rings. The molecule has 3 saturated heterocycles. The van der Waals surface area contributed by atoms with E-state index in [0.29, 0.717) is 31.4 Å². The largest absolute Gasteiger partial charge is 0.463 e. The molecule has 10 nitrogen and oxygen atoms in total. The van der Waals surface area contributed by atoms with Crippen molar-refractivity contribution in [1.82, 2.24) is 15.1 Å².